The zero-order valence-electron chi connectivity index (χ0n) is 8.99. The van der Waals surface area contributed by atoms with Crippen molar-refractivity contribution in [3.63, 3.8) is 0 Å². The first-order valence-electron chi connectivity index (χ1n) is 5.10. The minimum atomic E-state index is 0.305. The lowest BCUT2D eigenvalue weighted by atomic mass is 10.1. The molecular formula is C9H20N4O. The lowest BCUT2D eigenvalue weighted by molar-refractivity contribution is 0.0525. The smallest absolute Gasteiger partial charge is 0.208 e. The predicted octanol–water partition coefficient (Wildman–Crippen LogP) is -0.0636. The van der Waals surface area contributed by atoms with Gasteiger partial charge in [0.15, 0.2) is 0 Å². The number of piperidine rings is 1. The van der Waals surface area contributed by atoms with Gasteiger partial charge >= 0.3 is 0 Å². The molecule has 3 N–H and O–H groups in total. The van der Waals surface area contributed by atoms with Crippen molar-refractivity contribution < 1.29 is 4.74 Å². The van der Waals surface area contributed by atoms with Gasteiger partial charge in [-0.1, -0.05) is 0 Å². The summed E-state index contributed by atoms with van der Waals surface area (Å²) in [5.74, 6) is 6.19. The maximum atomic E-state index is 5.41. The summed E-state index contributed by atoms with van der Waals surface area (Å²) < 4.78 is 5.33. The molecule has 0 aliphatic carbocycles. The van der Waals surface area contributed by atoms with E-state index in [0.29, 0.717) is 6.10 Å². The van der Waals surface area contributed by atoms with Crippen LogP contribution >= 0.6 is 0 Å². The summed E-state index contributed by atoms with van der Waals surface area (Å²) in [6.07, 6.45) is 2.55. The number of hydrazine groups is 1. The van der Waals surface area contributed by atoms with Gasteiger partial charge in [-0.2, -0.15) is 0 Å². The molecule has 0 radical (unpaired) electrons. The lowest BCUT2D eigenvalue weighted by Crippen LogP contribution is -2.50. The SMILES string of the molecule is CCN=C(NN)N1CCCC(OC)C1. The van der Waals surface area contributed by atoms with Crippen LogP contribution in [0.4, 0.5) is 0 Å². The van der Waals surface area contributed by atoms with Gasteiger partial charge in [-0.05, 0) is 19.8 Å². The van der Waals surface area contributed by atoms with Crippen LogP contribution in [0.25, 0.3) is 0 Å². The largest absolute Gasteiger partial charge is 0.380 e. The number of nitrogens with zero attached hydrogens (tertiary/aromatic N) is 2. The predicted molar refractivity (Wildman–Crippen MR) is 56.9 cm³/mol. The molecule has 1 aliphatic rings. The average molecular weight is 200 g/mol. The standard InChI is InChI=1S/C9H20N4O/c1-3-11-9(12-10)13-6-4-5-8(7-13)14-2/h8H,3-7,10H2,1-2H3,(H,11,12). The highest BCUT2D eigenvalue weighted by molar-refractivity contribution is 5.79. The Bertz CT molecular complexity index is 195. The van der Waals surface area contributed by atoms with Crippen LogP contribution < -0.4 is 11.3 Å². The molecule has 0 aromatic carbocycles. The minimum absolute atomic E-state index is 0.305. The van der Waals surface area contributed by atoms with Crippen molar-refractivity contribution in [3.8, 4) is 0 Å². The maximum absolute atomic E-state index is 5.41. The second kappa shape index (κ2) is 5.82. The van der Waals surface area contributed by atoms with E-state index < -0.39 is 0 Å². The van der Waals surface area contributed by atoms with E-state index in [1.807, 2.05) is 6.92 Å². The molecule has 1 fully saturated rings. The quantitative estimate of drug-likeness (QED) is 0.284. The second-order valence-corrected chi connectivity index (χ2v) is 3.39. The molecule has 0 spiro atoms. The highest BCUT2D eigenvalue weighted by Gasteiger charge is 2.21. The normalized spacial score (nSPS) is 23.8. The molecule has 5 heteroatoms. The average Bonchev–Trinajstić information content (AvgIpc) is 2.26. The summed E-state index contributed by atoms with van der Waals surface area (Å²) in [6.45, 7) is 4.62. The number of likely N-dealkylation sites (tertiary alicyclic amines) is 1. The highest BCUT2D eigenvalue weighted by atomic mass is 16.5. The van der Waals surface area contributed by atoms with E-state index in [1.165, 1.54) is 0 Å². The fourth-order valence-electron chi connectivity index (χ4n) is 1.71. The Labute approximate surface area is 85.3 Å². The van der Waals surface area contributed by atoms with Gasteiger partial charge in [0.05, 0.1) is 6.10 Å². The molecule has 0 aromatic heterocycles. The number of hydrogen-bond acceptors (Lipinski definition) is 3. The minimum Gasteiger partial charge on any atom is -0.380 e. The summed E-state index contributed by atoms with van der Waals surface area (Å²) >= 11 is 0. The Morgan fingerprint density at radius 1 is 1.71 bits per heavy atom. The van der Waals surface area contributed by atoms with Crippen LogP contribution in [0, 0.1) is 0 Å². The number of nitrogens with two attached hydrogens (primary N) is 1. The molecule has 0 aromatic rings. The molecule has 82 valence electrons. The van der Waals surface area contributed by atoms with Crippen molar-refractivity contribution in [2.45, 2.75) is 25.9 Å². The van der Waals surface area contributed by atoms with Crippen molar-refractivity contribution >= 4 is 5.96 Å². The molecule has 5 nitrogen and oxygen atoms in total. The third kappa shape index (κ3) is 2.85. The zero-order valence-corrected chi connectivity index (χ0v) is 8.99. The van der Waals surface area contributed by atoms with Gasteiger partial charge < -0.3 is 9.64 Å². The van der Waals surface area contributed by atoms with Gasteiger partial charge in [-0.25, -0.2) is 5.84 Å². The van der Waals surface area contributed by atoms with Crippen LogP contribution in [0.1, 0.15) is 19.8 Å². The number of rotatable bonds is 2. The first kappa shape index (κ1) is 11.3. The van der Waals surface area contributed by atoms with Crippen LogP contribution in [0.2, 0.25) is 0 Å². The van der Waals surface area contributed by atoms with Crippen LogP contribution in [-0.4, -0.2) is 43.7 Å². The van der Waals surface area contributed by atoms with Crippen molar-refractivity contribution in [2.75, 3.05) is 26.7 Å². The summed E-state index contributed by atoms with van der Waals surface area (Å²) in [7, 11) is 1.75. The first-order valence-corrected chi connectivity index (χ1v) is 5.10. The Hall–Kier alpha value is -0.810. The van der Waals surface area contributed by atoms with E-state index in [9.17, 15) is 0 Å². The molecule has 0 saturated carbocycles. The van der Waals surface area contributed by atoms with E-state index in [2.05, 4.69) is 15.3 Å². The Morgan fingerprint density at radius 3 is 3.07 bits per heavy atom. The first-order chi connectivity index (χ1) is 6.81. The Kier molecular flexibility index (Phi) is 4.69. The highest BCUT2D eigenvalue weighted by Crippen LogP contribution is 2.12. The molecule has 1 unspecified atom stereocenters. The van der Waals surface area contributed by atoms with Gasteiger partial charge in [-0.15, -0.1) is 0 Å². The van der Waals surface area contributed by atoms with E-state index in [-0.39, 0.29) is 0 Å². The fourth-order valence-corrected chi connectivity index (χ4v) is 1.71. The molecule has 0 amide bonds. The maximum Gasteiger partial charge on any atom is 0.208 e. The van der Waals surface area contributed by atoms with Crippen LogP contribution in [-0.2, 0) is 4.74 Å². The summed E-state index contributed by atoms with van der Waals surface area (Å²) in [5, 5.41) is 0. The molecule has 14 heavy (non-hydrogen) atoms. The third-order valence-electron chi connectivity index (χ3n) is 2.45. The van der Waals surface area contributed by atoms with E-state index >= 15 is 0 Å². The van der Waals surface area contributed by atoms with E-state index in [4.69, 9.17) is 10.6 Å². The van der Waals surface area contributed by atoms with Crippen molar-refractivity contribution in [3.05, 3.63) is 0 Å². The van der Waals surface area contributed by atoms with Crippen molar-refractivity contribution in [1.82, 2.24) is 10.3 Å². The third-order valence-corrected chi connectivity index (χ3v) is 2.45. The van der Waals surface area contributed by atoms with Crippen molar-refractivity contribution in [1.29, 1.82) is 0 Å². The molecule has 1 atom stereocenters. The Morgan fingerprint density at radius 2 is 2.50 bits per heavy atom. The summed E-state index contributed by atoms with van der Waals surface area (Å²) in [6, 6.07) is 0. The van der Waals surface area contributed by atoms with Crippen molar-refractivity contribution in [2.24, 2.45) is 10.8 Å². The van der Waals surface area contributed by atoms with Crippen LogP contribution in [0.3, 0.4) is 0 Å². The number of hydrogen-bond donors (Lipinski definition) is 2. The lowest BCUT2D eigenvalue weighted by Gasteiger charge is -2.33. The van der Waals surface area contributed by atoms with Gasteiger partial charge in [-0.3, -0.25) is 10.4 Å². The van der Waals surface area contributed by atoms with Crippen LogP contribution in [0.5, 0.6) is 0 Å². The fraction of sp³-hybridized carbons (Fsp3) is 0.889. The molecule has 1 saturated heterocycles. The number of guanidine groups is 1. The molecule has 0 bridgehead atoms. The van der Waals surface area contributed by atoms with Gasteiger partial charge in [0, 0.05) is 26.7 Å². The number of methoxy groups -OCH3 is 1. The summed E-state index contributed by atoms with van der Waals surface area (Å²) in [5.41, 5.74) is 2.64. The van der Waals surface area contributed by atoms with E-state index in [1.54, 1.807) is 7.11 Å². The number of ether oxygens (including phenoxy) is 1. The monoisotopic (exact) mass is 200 g/mol. The van der Waals surface area contributed by atoms with Gasteiger partial charge in [0.1, 0.15) is 0 Å². The second-order valence-electron chi connectivity index (χ2n) is 3.39. The Balaban J connectivity index is 2.53. The zero-order chi connectivity index (χ0) is 10.4. The molecule has 1 aliphatic heterocycles. The number of aliphatic imine (C=N–C) groups is 1. The van der Waals surface area contributed by atoms with E-state index in [0.717, 1.165) is 38.4 Å². The topological polar surface area (TPSA) is 62.9 Å². The van der Waals surface area contributed by atoms with Gasteiger partial charge in [0.25, 0.3) is 0 Å². The number of nitrogens with one attached hydrogen (secondary N) is 1. The molecule has 1 heterocycles. The molecule has 1 rings (SSSR count). The van der Waals surface area contributed by atoms with Crippen LogP contribution in [0.15, 0.2) is 4.99 Å². The molecular weight excluding hydrogens is 180 g/mol. The van der Waals surface area contributed by atoms with Gasteiger partial charge in [0.2, 0.25) is 5.96 Å². The summed E-state index contributed by atoms with van der Waals surface area (Å²) in [4.78, 5) is 6.43.